The van der Waals surface area contributed by atoms with Crippen molar-refractivity contribution in [1.29, 1.82) is 0 Å². The number of benzene rings is 2. The molecule has 2 aromatic rings. The molecule has 138 valence electrons. The van der Waals surface area contributed by atoms with Gasteiger partial charge >= 0.3 is 0 Å². The van der Waals surface area contributed by atoms with Crippen molar-refractivity contribution in [2.45, 2.75) is 32.7 Å². The number of ether oxygens (including phenoxy) is 1. The highest BCUT2D eigenvalue weighted by molar-refractivity contribution is 9.10. The molecule has 0 saturated carbocycles. The van der Waals surface area contributed by atoms with Gasteiger partial charge in [0, 0.05) is 17.8 Å². The van der Waals surface area contributed by atoms with E-state index in [0.717, 1.165) is 22.5 Å². The molecular weight excluding hydrogens is 392 g/mol. The normalized spacial score (nSPS) is 14.8. The number of hydrogen-bond acceptors (Lipinski definition) is 3. The number of piperidine rings is 1. The first-order chi connectivity index (χ1) is 12.7. The SMILES string of the molecule is CCOc1ccc(C(=O)Nc2ccc(CN3CCCCC3)cc2)cc1Br. The van der Waals surface area contributed by atoms with Crippen LogP contribution in [0, 0.1) is 0 Å². The second-order valence-electron chi connectivity index (χ2n) is 6.57. The fourth-order valence-electron chi connectivity index (χ4n) is 3.19. The molecule has 1 saturated heterocycles. The van der Waals surface area contributed by atoms with Gasteiger partial charge in [-0.25, -0.2) is 0 Å². The number of hydrogen-bond donors (Lipinski definition) is 1. The maximum absolute atomic E-state index is 12.5. The number of carbonyl (C=O) groups is 1. The molecule has 1 aliphatic heterocycles. The Balaban J connectivity index is 1.59. The second-order valence-corrected chi connectivity index (χ2v) is 7.42. The van der Waals surface area contributed by atoms with Crippen LogP contribution in [0.15, 0.2) is 46.9 Å². The van der Waals surface area contributed by atoms with Crippen molar-refractivity contribution in [2.75, 3.05) is 25.0 Å². The van der Waals surface area contributed by atoms with Gasteiger partial charge in [0.15, 0.2) is 0 Å². The molecule has 0 unspecified atom stereocenters. The van der Waals surface area contributed by atoms with Crippen LogP contribution in [0.5, 0.6) is 5.75 Å². The molecule has 26 heavy (non-hydrogen) atoms. The molecule has 5 heteroatoms. The van der Waals surface area contributed by atoms with Gasteiger partial charge in [0.2, 0.25) is 0 Å². The van der Waals surface area contributed by atoms with Gasteiger partial charge in [0.05, 0.1) is 11.1 Å². The molecule has 1 heterocycles. The number of amides is 1. The Bertz CT molecular complexity index is 740. The highest BCUT2D eigenvalue weighted by atomic mass is 79.9. The van der Waals surface area contributed by atoms with Crippen LogP contribution >= 0.6 is 15.9 Å². The van der Waals surface area contributed by atoms with Crippen LogP contribution in [0.1, 0.15) is 42.1 Å². The average Bonchev–Trinajstić information content (AvgIpc) is 2.66. The highest BCUT2D eigenvalue weighted by Gasteiger charge is 2.12. The summed E-state index contributed by atoms with van der Waals surface area (Å²) >= 11 is 3.45. The predicted molar refractivity (Wildman–Crippen MR) is 109 cm³/mol. The maximum Gasteiger partial charge on any atom is 0.255 e. The molecule has 0 aliphatic carbocycles. The lowest BCUT2D eigenvalue weighted by atomic mass is 10.1. The lowest BCUT2D eigenvalue weighted by Crippen LogP contribution is -2.29. The van der Waals surface area contributed by atoms with Gasteiger partial charge in [-0.2, -0.15) is 0 Å². The van der Waals surface area contributed by atoms with Crippen molar-refractivity contribution in [3.8, 4) is 5.75 Å². The average molecular weight is 417 g/mol. The summed E-state index contributed by atoms with van der Waals surface area (Å²) in [7, 11) is 0. The van der Waals surface area contributed by atoms with Gasteiger partial charge in [-0.3, -0.25) is 9.69 Å². The summed E-state index contributed by atoms with van der Waals surface area (Å²) in [6.45, 7) is 5.88. The minimum absolute atomic E-state index is 0.127. The molecule has 2 aromatic carbocycles. The van der Waals surface area contributed by atoms with Gasteiger partial charge in [0.25, 0.3) is 5.91 Å². The van der Waals surface area contributed by atoms with Crippen LogP contribution < -0.4 is 10.1 Å². The molecule has 0 radical (unpaired) electrons. The highest BCUT2D eigenvalue weighted by Crippen LogP contribution is 2.26. The summed E-state index contributed by atoms with van der Waals surface area (Å²) in [6.07, 6.45) is 3.95. The summed E-state index contributed by atoms with van der Waals surface area (Å²) < 4.78 is 6.26. The van der Waals surface area contributed by atoms with Crippen molar-refractivity contribution in [1.82, 2.24) is 4.90 Å². The number of rotatable bonds is 6. The number of anilines is 1. The van der Waals surface area contributed by atoms with Crippen LogP contribution in [0.25, 0.3) is 0 Å². The lowest BCUT2D eigenvalue weighted by molar-refractivity contribution is 0.102. The first-order valence-corrected chi connectivity index (χ1v) is 10.00. The third kappa shape index (κ3) is 5.08. The van der Waals surface area contributed by atoms with Crippen molar-refractivity contribution in [2.24, 2.45) is 0 Å². The van der Waals surface area contributed by atoms with Gasteiger partial charge < -0.3 is 10.1 Å². The van der Waals surface area contributed by atoms with E-state index in [-0.39, 0.29) is 5.91 Å². The van der Waals surface area contributed by atoms with Gasteiger partial charge in [0.1, 0.15) is 5.75 Å². The van der Waals surface area contributed by atoms with Crippen molar-refractivity contribution < 1.29 is 9.53 Å². The predicted octanol–water partition coefficient (Wildman–Crippen LogP) is 5.09. The Kier molecular flexibility index (Phi) is 6.69. The van der Waals surface area contributed by atoms with Crippen LogP contribution in [0.4, 0.5) is 5.69 Å². The van der Waals surface area contributed by atoms with E-state index in [9.17, 15) is 4.79 Å². The number of carbonyl (C=O) groups excluding carboxylic acids is 1. The summed E-state index contributed by atoms with van der Waals surface area (Å²) in [5.74, 6) is 0.614. The topological polar surface area (TPSA) is 41.6 Å². The number of halogens is 1. The van der Waals surface area contributed by atoms with Crippen LogP contribution in [-0.2, 0) is 6.54 Å². The summed E-state index contributed by atoms with van der Waals surface area (Å²) in [5, 5.41) is 2.95. The molecular formula is C21H25BrN2O2. The number of likely N-dealkylation sites (tertiary alicyclic amines) is 1. The quantitative estimate of drug-likeness (QED) is 0.712. The lowest BCUT2D eigenvalue weighted by Gasteiger charge is -2.26. The fraction of sp³-hybridized carbons (Fsp3) is 0.381. The number of nitrogens with one attached hydrogen (secondary N) is 1. The van der Waals surface area contributed by atoms with Crippen LogP contribution in [0.3, 0.4) is 0 Å². The zero-order valence-electron chi connectivity index (χ0n) is 15.1. The van der Waals surface area contributed by atoms with E-state index >= 15 is 0 Å². The Morgan fingerprint density at radius 1 is 1.12 bits per heavy atom. The molecule has 0 spiro atoms. The molecule has 0 aromatic heterocycles. The third-order valence-electron chi connectivity index (χ3n) is 4.56. The third-order valence-corrected chi connectivity index (χ3v) is 5.18. The van der Waals surface area contributed by atoms with E-state index in [1.165, 1.54) is 37.9 Å². The molecule has 3 rings (SSSR count). The molecule has 1 N–H and O–H groups in total. The Hall–Kier alpha value is -1.85. The standard InChI is InChI=1S/C21H25BrN2O2/c1-2-26-20-11-8-17(14-19(20)22)21(25)23-18-9-6-16(7-10-18)15-24-12-4-3-5-13-24/h6-11,14H,2-5,12-13,15H2,1H3,(H,23,25). The Morgan fingerprint density at radius 2 is 1.85 bits per heavy atom. The molecule has 1 amide bonds. The van der Waals surface area contributed by atoms with Gasteiger partial charge in [-0.15, -0.1) is 0 Å². The van der Waals surface area contributed by atoms with Crippen molar-refractivity contribution in [3.05, 3.63) is 58.1 Å². The molecule has 0 bridgehead atoms. The van der Waals surface area contributed by atoms with Gasteiger partial charge in [-0.1, -0.05) is 18.6 Å². The van der Waals surface area contributed by atoms with Gasteiger partial charge in [-0.05, 0) is 84.7 Å². The van der Waals surface area contributed by atoms with E-state index in [2.05, 4.69) is 38.3 Å². The first kappa shape index (κ1) is 18.9. The van der Waals surface area contributed by atoms with E-state index in [1.807, 2.05) is 25.1 Å². The minimum atomic E-state index is -0.127. The van der Waals surface area contributed by atoms with Crippen molar-refractivity contribution >= 4 is 27.5 Å². The smallest absolute Gasteiger partial charge is 0.255 e. The summed E-state index contributed by atoms with van der Waals surface area (Å²) in [4.78, 5) is 15.0. The molecule has 1 fully saturated rings. The summed E-state index contributed by atoms with van der Waals surface area (Å²) in [5.41, 5.74) is 2.69. The second kappa shape index (κ2) is 9.19. The van der Waals surface area contributed by atoms with E-state index in [1.54, 1.807) is 12.1 Å². The monoisotopic (exact) mass is 416 g/mol. The Morgan fingerprint density at radius 3 is 2.50 bits per heavy atom. The van der Waals surface area contributed by atoms with E-state index in [0.29, 0.717) is 12.2 Å². The summed E-state index contributed by atoms with van der Waals surface area (Å²) in [6, 6.07) is 13.5. The largest absolute Gasteiger partial charge is 0.493 e. The van der Waals surface area contributed by atoms with E-state index in [4.69, 9.17) is 4.74 Å². The number of nitrogens with zero attached hydrogens (tertiary/aromatic N) is 1. The zero-order chi connectivity index (χ0) is 18.4. The van der Waals surface area contributed by atoms with Crippen LogP contribution in [-0.4, -0.2) is 30.5 Å². The first-order valence-electron chi connectivity index (χ1n) is 9.20. The van der Waals surface area contributed by atoms with Crippen molar-refractivity contribution in [3.63, 3.8) is 0 Å². The maximum atomic E-state index is 12.5. The zero-order valence-corrected chi connectivity index (χ0v) is 16.7. The molecule has 4 nitrogen and oxygen atoms in total. The fourth-order valence-corrected chi connectivity index (χ4v) is 3.68. The molecule has 1 aliphatic rings. The van der Waals surface area contributed by atoms with Crippen LogP contribution in [0.2, 0.25) is 0 Å². The minimum Gasteiger partial charge on any atom is -0.493 e. The van der Waals surface area contributed by atoms with E-state index < -0.39 is 0 Å². The Labute approximate surface area is 163 Å². The molecule has 0 atom stereocenters.